The molecular formula is C21H18N2O3S. The number of hydrogen-bond donors (Lipinski definition) is 1. The van der Waals surface area contributed by atoms with Gasteiger partial charge in [-0.15, -0.1) is 11.8 Å². The van der Waals surface area contributed by atoms with Crippen molar-refractivity contribution in [3.8, 4) is 0 Å². The Morgan fingerprint density at radius 2 is 1.96 bits per heavy atom. The van der Waals surface area contributed by atoms with Crippen molar-refractivity contribution < 1.29 is 14.3 Å². The third-order valence-electron chi connectivity index (χ3n) is 3.71. The van der Waals surface area contributed by atoms with Gasteiger partial charge in [-0.2, -0.15) is 0 Å². The van der Waals surface area contributed by atoms with Gasteiger partial charge in [0, 0.05) is 22.0 Å². The second-order valence-electron chi connectivity index (χ2n) is 5.65. The number of ether oxygens (including phenoxy) is 1. The Morgan fingerprint density at radius 1 is 1.11 bits per heavy atom. The monoisotopic (exact) mass is 378 g/mol. The topological polar surface area (TPSA) is 68.3 Å². The second-order valence-corrected chi connectivity index (χ2v) is 6.53. The summed E-state index contributed by atoms with van der Waals surface area (Å²) < 4.78 is 4.97. The maximum Gasteiger partial charge on any atom is 0.331 e. The molecule has 5 nitrogen and oxygen atoms in total. The van der Waals surface area contributed by atoms with Gasteiger partial charge in [0.1, 0.15) is 0 Å². The van der Waals surface area contributed by atoms with Gasteiger partial charge in [-0.25, -0.2) is 9.78 Å². The first-order valence-electron chi connectivity index (χ1n) is 8.28. The Balaban J connectivity index is 1.52. The molecule has 0 fully saturated rings. The average Bonchev–Trinajstić information content (AvgIpc) is 2.70. The van der Waals surface area contributed by atoms with Gasteiger partial charge in [0.25, 0.3) is 5.91 Å². The molecule has 2 aromatic carbocycles. The molecule has 3 aromatic rings. The van der Waals surface area contributed by atoms with Crippen molar-refractivity contribution in [3.63, 3.8) is 0 Å². The van der Waals surface area contributed by atoms with E-state index in [1.807, 2.05) is 60.9 Å². The maximum atomic E-state index is 11.9. The molecule has 1 aromatic heterocycles. The van der Waals surface area contributed by atoms with Crippen LogP contribution in [0.25, 0.3) is 17.0 Å². The molecule has 0 spiro atoms. The van der Waals surface area contributed by atoms with Crippen LogP contribution >= 0.6 is 11.8 Å². The highest BCUT2D eigenvalue weighted by molar-refractivity contribution is 7.98. The zero-order valence-electron chi connectivity index (χ0n) is 14.7. The number of rotatable bonds is 6. The van der Waals surface area contributed by atoms with Gasteiger partial charge < -0.3 is 10.1 Å². The van der Waals surface area contributed by atoms with Crippen LogP contribution in [0.1, 0.15) is 5.69 Å². The Bertz CT molecular complexity index is 1000. The zero-order valence-corrected chi connectivity index (χ0v) is 15.5. The summed E-state index contributed by atoms with van der Waals surface area (Å²) in [4.78, 5) is 29.2. The molecule has 0 aliphatic heterocycles. The number of carbonyl (C=O) groups excluding carboxylic acids is 2. The van der Waals surface area contributed by atoms with Crippen molar-refractivity contribution in [1.29, 1.82) is 0 Å². The molecule has 0 aliphatic carbocycles. The summed E-state index contributed by atoms with van der Waals surface area (Å²) in [5.41, 5.74) is 2.16. The molecule has 1 N–H and O–H groups in total. The van der Waals surface area contributed by atoms with Crippen LogP contribution in [0.5, 0.6) is 0 Å². The molecule has 1 heterocycles. The highest BCUT2D eigenvalue weighted by atomic mass is 32.2. The molecule has 0 saturated heterocycles. The van der Waals surface area contributed by atoms with E-state index in [1.165, 1.54) is 6.08 Å². The lowest BCUT2D eigenvalue weighted by molar-refractivity contribution is -0.142. The molecule has 0 aliphatic rings. The first kappa shape index (κ1) is 18.7. The van der Waals surface area contributed by atoms with E-state index in [1.54, 1.807) is 23.9 Å². The Kier molecular flexibility index (Phi) is 6.22. The average molecular weight is 378 g/mol. The summed E-state index contributed by atoms with van der Waals surface area (Å²) in [6.07, 6.45) is 4.78. The van der Waals surface area contributed by atoms with Crippen LogP contribution in [0.15, 0.2) is 71.6 Å². The van der Waals surface area contributed by atoms with Crippen LogP contribution in [0.4, 0.5) is 5.69 Å². The van der Waals surface area contributed by atoms with Crippen molar-refractivity contribution in [2.24, 2.45) is 0 Å². The number of anilines is 1. The fraction of sp³-hybridized carbons (Fsp3) is 0.0952. The van der Waals surface area contributed by atoms with Crippen molar-refractivity contribution >= 4 is 46.3 Å². The fourth-order valence-electron chi connectivity index (χ4n) is 2.41. The Labute approximate surface area is 161 Å². The minimum atomic E-state index is -0.599. The van der Waals surface area contributed by atoms with Crippen LogP contribution < -0.4 is 5.32 Å². The minimum Gasteiger partial charge on any atom is -0.452 e. The van der Waals surface area contributed by atoms with E-state index in [-0.39, 0.29) is 12.5 Å². The number of thioether (sulfide) groups is 1. The van der Waals surface area contributed by atoms with Crippen LogP contribution in [-0.2, 0) is 14.3 Å². The molecule has 0 unspecified atom stereocenters. The normalized spacial score (nSPS) is 10.9. The smallest absolute Gasteiger partial charge is 0.331 e. The third kappa shape index (κ3) is 5.43. The highest BCUT2D eigenvalue weighted by Gasteiger charge is 2.06. The van der Waals surface area contributed by atoms with Gasteiger partial charge in [-0.1, -0.05) is 30.3 Å². The molecule has 0 saturated carbocycles. The number of carbonyl (C=O) groups is 2. The largest absolute Gasteiger partial charge is 0.452 e. The van der Waals surface area contributed by atoms with Crippen LogP contribution in [0.3, 0.4) is 0 Å². The summed E-state index contributed by atoms with van der Waals surface area (Å²) in [6.45, 7) is -0.349. The number of para-hydroxylation sites is 1. The van der Waals surface area contributed by atoms with Crippen LogP contribution in [0, 0.1) is 0 Å². The van der Waals surface area contributed by atoms with E-state index in [2.05, 4.69) is 10.3 Å². The SMILES string of the molecule is CSc1cccc(NC(=O)COC(=O)C=Cc2ccc3ccccc3n2)c1. The highest BCUT2D eigenvalue weighted by Crippen LogP contribution is 2.18. The molecule has 0 atom stereocenters. The van der Waals surface area contributed by atoms with Crippen molar-refractivity contribution in [2.75, 3.05) is 18.2 Å². The van der Waals surface area contributed by atoms with Crippen molar-refractivity contribution in [3.05, 3.63) is 72.4 Å². The number of nitrogens with zero attached hydrogens (tertiary/aromatic N) is 1. The first-order valence-corrected chi connectivity index (χ1v) is 9.51. The van der Waals surface area contributed by atoms with Gasteiger partial charge in [-0.05, 0) is 42.7 Å². The van der Waals surface area contributed by atoms with Crippen molar-refractivity contribution in [2.45, 2.75) is 4.90 Å². The molecule has 3 rings (SSSR count). The van der Waals surface area contributed by atoms with E-state index in [9.17, 15) is 9.59 Å². The number of aromatic nitrogens is 1. The van der Waals surface area contributed by atoms with Gasteiger partial charge in [-0.3, -0.25) is 4.79 Å². The summed E-state index contributed by atoms with van der Waals surface area (Å²) in [5.74, 6) is -0.989. The lowest BCUT2D eigenvalue weighted by Gasteiger charge is -2.06. The minimum absolute atomic E-state index is 0.349. The lowest BCUT2D eigenvalue weighted by Crippen LogP contribution is -2.20. The predicted molar refractivity (Wildman–Crippen MR) is 109 cm³/mol. The number of esters is 1. The van der Waals surface area contributed by atoms with Gasteiger partial charge >= 0.3 is 5.97 Å². The van der Waals surface area contributed by atoms with Gasteiger partial charge in [0.2, 0.25) is 0 Å². The molecule has 0 bridgehead atoms. The number of amides is 1. The van der Waals surface area contributed by atoms with Crippen LogP contribution in [-0.4, -0.2) is 29.7 Å². The quantitative estimate of drug-likeness (QED) is 0.396. The maximum absolute atomic E-state index is 11.9. The molecule has 0 radical (unpaired) electrons. The predicted octanol–water partition coefficient (Wildman–Crippen LogP) is 4.15. The number of fused-ring (bicyclic) bond motifs is 1. The Morgan fingerprint density at radius 3 is 2.81 bits per heavy atom. The summed E-state index contributed by atoms with van der Waals surface area (Å²) in [6, 6.07) is 18.9. The fourth-order valence-corrected chi connectivity index (χ4v) is 2.87. The van der Waals surface area contributed by atoms with E-state index < -0.39 is 5.97 Å². The number of nitrogens with one attached hydrogen (secondary N) is 1. The van der Waals surface area contributed by atoms with Crippen LogP contribution in [0.2, 0.25) is 0 Å². The van der Waals surface area contributed by atoms with Gasteiger partial charge in [0.05, 0.1) is 11.2 Å². The molecule has 27 heavy (non-hydrogen) atoms. The second kappa shape index (κ2) is 9.00. The van der Waals surface area contributed by atoms with Crippen molar-refractivity contribution in [1.82, 2.24) is 4.98 Å². The molecule has 1 amide bonds. The zero-order chi connectivity index (χ0) is 19.1. The first-order chi connectivity index (χ1) is 13.1. The lowest BCUT2D eigenvalue weighted by atomic mass is 10.2. The molecular weight excluding hydrogens is 360 g/mol. The summed E-state index contributed by atoms with van der Waals surface area (Å²) in [5, 5.41) is 3.73. The van der Waals surface area contributed by atoms with E-state index in [0.29, 0.717) is 11.4 Å². The van der Waals surface area contributed by atoms with Gasteiger partial charge in [0.15, 0.2) is 6.61 Å². The van der Waals surface area contributed by atoms with E-state index >= 15 is 0 Å². The summed E-state index contributed by atoms with van der Waals surface area (Å²) >= 11 is 1.58. The Hall–Kier alpha value is -3.12. The molecule has 136 valence electrons. The number of pyridine rings is 1. The summed E-state index contributed by atoms with van der Waals surface area (Å²) in [7, 11) is 0. The van der Waals surface area contributed by atoms with E-state index in [0.717, 1.165) is 15.8 Å². The molecule has 6 heteroatoms. The number of benzene rings is 2. The van der Waals surface area contributed by atoms with E-state index in [4.69, 9.17) is 4.74 Å². The number of hydrogen-bond acceptors (Lipinski definition) is 5. The third-order valence-corrected chi connectivity index (χ3v) is 4.43. The standard InChI is InChI=1S/C21H18N2O3S/c1-27-18-7-4-6-17(13-18)23-20(24)14-26-21(25)12-11-16-10-9-15-5-2-3-8-19(15)22-16/h2-13H,14H2,1H3,(H,23,24).